The van der Waals surface area contributed by atoms with E-state index in [4.69, 9.17) is 5.11 Å². The predicted molar refractivity (Wildman–Crippen MR) is 46.0 cm³/mol. The molecular weight excluding hydrogens is 190 g/mol. The van der Waals surface area contributed by atoms with E-state index in [9.17, 15) is 9.59 Å². The highest BCUT2D eigenvalue weighted by Crippen LogP contribution is 2.35. The second-order valence-electron chi connectivity index (χ2n) is 3.14. The van der Waals surface area contributed by atoms with Crippen LogP contribution in [0.25, 0.3) is 0 Å². The molecule has 6 nitrogen and oxygen atoms in total. The smallest absolute Gasteiger partial charge is 0.408 e. The number of hydrogen-bond acceptors (Lipinski definition) is 4. The number of amides is 1. The number of rotatable bonds is 5. The molecule has 0 atom stereocenters. The lowest BCUT2D eigenvalue weighted by Gasteiger charge is -2.12. The van der Waals surface area contributed by atoms with Crippen molar-refractivity contribution in [3.63, 3.8) is 0 Å². The fourth-order valence-corrected chi connectivity index (χ4v) is 0.966. The Morgan fingerprint density at radius 2 is 2.07 bits per heavy atom. The normalized spacial score (nSPS) is 17.2. The first-order chi connectivity index (χ1) is 6.60. The van der Waals surface area contributed by atoms with Crippen LogP contribution in [0.4, 0.5) is 4.79 Å². The zero-order valence-electron chi connectivity index (χ0n) is 7.91. The lowest BCUT2D eigenvalue weighted by Crippen LogP contribution is -2.43. The van der Waals surface area contributed by atoms with E-state index in [0.29, 0.717) is 19.4 Å². The topological polar surface area (TPSA) is 84.9 Å². The monoisotopic (exact) mass is 203 g/mol. The highest BCUT2D eigenvalue weighted by molar-refractivity contribution is 5.87. The van der Waals surface area contributed by atoms with E-state index in [1.807, 2.05) is 0 Å². The molecule has 6 heteroatoms. The molecular formula is C8H13NO5. The number of carboxylic acid groups (broad SMARTS) is 1. The maximum atomic E-state index is 11.0. The van der Waals surface area contributed by atoms with Gasteiger partial charge in [0.1, 0.15) is 12.1 Å². The van der Waals surface area contributed by atoms with Crippen LogP contribution < -0.4 is 5.32 Å². The number of carboxylic acids is 1. The molecule has 0 spiro atoms. The summed E-state index contributed by atoms with van der Waals surface area (Å²) in [5, 5.41) is 11.0. The Bertz CT molecular complexity index is 236. The van der Waals surface area contributed by atoms with Crippen LogP contribution in [-0.2, 0) is 14.3 Å². The van der Waals surface area contributed by atoms with E-state index < -0.39 is 17.6 Å². The minimum Gasteiger partial charge on any atom is -0.480 e. The molecule has 14 heavy (non-hydrogen) atoms. The number of carbonyl (C=O) groups excluding carboxylic acids is 1. The van der Waals surface area contributed by atoms with Crippen LogP contribution in [0.3, 0.4) is 0 Å². The number of carbonyl (C=O) groups is 2. The number of hydrogen-bond donors (Lipinski definition) is 2. The van der Waals surface area contributed by atoms with Crippen molar-refractivity contribution in [2.45, 2.75) is 18.4 Å². The van der Waals surface area contributed by atoms with Crippen LogP contribution >= 0.6 is 0 Å². The van der Waals surface area contributed by atoms with Gasteiger partial charge in [-0.2, -0.15) is 0 Å². The van der Waals surface area contributed by atoms with E-state index in [1.54, 1.807) is 0 Å². The van der Waals surface area contributed by atoms with Gasteiger partial charge in [0, 0.05) is 7.11 Å². The quantitative estimate of drug-likeness (QED) is 0.613. The maximum Gasteiger partial charge on any atom is 0.408 e. The fraction of sp³-hybridized carbons (Fsp3) is 0.750. The summed E-state index contributed by atoms with van der Waals surface area (Å²) < 4.78 is 9.33. The van der Waals surface area contributed by atoms with Crippen LogP contribution in [-0.4, -0.2) is 43.0 Å². The van der Waals surface area contributed by atoms with Crippen LogP contribution in [0.1, 0.15) is 12.8 Å². The van der Waals surface area contributed by atoms with Gasteiger partial charge < -0.3 is 19.9 Å². The van der Waals surface area contributed by atoms with Gasteiger partial charge in [-0.15, -0.1) is 0 Å². The SMILES string of the molecule is COCCOC(=O)NC1(C(=O)O)CC1. The lowest BCUT2D eigenvalue weighted by atomic mass is 10.3. The van der Waals surface area contributed by atoms with Gasteiger partial charge in [0.2, 0.25) is 0 Å². The van der Waals surface area contributed by atoms with Crippen molar-refractivity contribution in [3.05, 3.63) is 0 Å². The van der Waals surface area contributed by atoms with Gasteiger partial charge in [0.15, 0.2) is 0 Å². The molecule has 2 N–H and O–H groups in total. The Morgan fingerprint density at radius 1 is 1.43 bits per heavy atom. The van der Waals surface area contributed by atoms with Crippen molar-refractivity contribution in [2.75, 3.05) is 20.3 Å². The van der Waals surface area contributed by atoms with Crippen molar-refractivity contribution in [1.29, 1.82) is 0 Å². The molecule has 0 unspecified atom stereocenters. The molecule has 0 aromatic heterocycles. The van der Waals surface area contributed by atoms with Gasteiger partial charge in [-0.25, -0.2) is 9.59 Å². The lowest BCUT2D eigenvalue weighted by molar-refractivity contribution is -0.140. The molecule has 1 rings (SSSR count). The molecule has 0 radical (unpaired) electrons. The molecule has 80 valence electrons. The number of ether oxygens (including phenoxy) is 2. The van der Waals surface area contributed by atoms with Gasteiger partial charge in [0.05, 0.1) is 6.61 Å². The molecule has 1 saturated carbocycles. The van der Waals surface area contributed by atoms with Gasteiger partial charge in [0.25, 0.3) is 0 Å². The third-order valence-corrected chi connectivity index (χ3v) is 2.02. The first kappa shape index (κ1) is 10.8. The average molecular weight is 203 g/mol. The largest absolute Gasteiger partial charge is 0.480 e. The molecule has 1 aliphatic carbocycles. The van der Waals surface area contributed by atoms with Crippen molar-refractivity contribution >= 4 is 12.1 Å². The number of alkyl carbamates (subject to hydrolysis) is 1. The van der Waals surface area contributed by atoms with E-state index >= 15 is 0 Å². The molecule has 0 aromatic rings. The molecule has 0 heterocycles. The van der Waals surface area contributed by atoms with Gasteiger partial charge in [-0.3, -0.25) is 0 Å². The zero-order chi connectivity index (χ0) is 10.6. The van der Waals surface area contributed by atoms with Gasteiger partial charge >= 0.3 is 12.1 Å². The summed E-state index contributed by atoms with van der Waals surface area (Å²) in [6, 6.07) is 0. The minimum absolute atomic E-state index is 0.123. The summed E-state index contributed by atoms with van der Waals surface area (Å²) in [6.07, 6.45) is 0.214. The Balaban J connectivity index is 2.24. The summed E-state index contributed by atoms with van der Waals surface area (Å²) >= 11 is 0. The van der Waals surface area contributed by atoms with Crippen molar-refractivity contribution in [2.24, 2.45) is 0 Å². The third kappa shape index (κ3) is 2.59. The van der Waals surface area contributed by atoms with Crippen LogP contribution in [0.5, 0.6) is 0 Å². The van der Waals surface area contributed by atoms with Crippen molar-refractivity contribution in [3.8, 4) is 0 Å². The summed E-state index contributed by atoms with van der Waals surface area (Å²) in [5.74, 6) is -1.01. The van der Waals surface area contributed by atoms with E-state index in [2.05, 4.69) is 14.8 Å². The summed E-state index contributed by atoms with van der Waals surface area (Å²) in [5.41, 5.74) is -1.08. The second kappa shape index (κ2) is 4.28. The molecule has 0 aliphatic heterocycles. The molecule has 0 aromatic carbocycles. The van der Waals surface area contributed by atoms with Crippen LogP contribution in [0.15, 0.2) is 0 Å². The van der Waals surface area contributed by atoms with E-state index in [1.165, 1.54) is 7.11 Å². The highest BCUT2D eigenvalue weighted by Gasteiger charge is 2.52. The van der Waals surface area contributed by atoms with Crippen molar-refractivity contribution in [1.82, 2.24) is 5.32 Å². The average Bonchev–Trinajstić information content (AvgIpc) is 2.86. The zero-order valence-corrected chi connectivity index (χ0v) is 7.91. The summed E-state index contributed by atoms with van der Waals surface area (Å²) in [7, 11) is 1.49. The molecule has 1 aliphatic rings. The number of nitrogens with one attached hydrogen (secondary N) is 1. The van der Waals surface area contributed by atoms with E-state index in [0.717, 1.165) is 0 Å². The molecule has 0 saturated heterocycles. The Kier molecular flexibility index (Phi) is 3.29. The van der Waals surface area contributed by atoms with E-state index in [-0.39, 0.29) is 6.61 Å². The maximum absolute atomic E-state index is 11.0. The van der Waals surface area contributed by atoms with Gasteiger partial charge in [-0.1, -0.05) is 0 Å². The highest BCUT2D eigenvalue weighted by atomic mass is 16.6. The Hall–Kier alpha value is -1.30. The Labute approximate surface area is 81.2 Å². The standard InChI is InChI=1S/C8H13NO5/c1-13-4-5-14-7(12)9-8(2-3-8)6(10)11/h2-5H2,1H3,(H,9,12)(H,10,11). The molecule has 1 amide bonds. The minimum atomic E-state index is -1.08. The summed E-state index contributed by atoms with van der Waals surface area (Å²) in [4.78, 5) is 21.7. The molecule has 0 bridgehead atoms. The fourth-order valence-electron chi connectivity index (χ4n) is 0.966. The first-order valence-electron chi connectivity index (χ1n) is 4.28. The van der Waals surface area contributed by atoms with Crippen molar-refractivity contribution < 1.29 is 24.2 Å². The third-order valence-electron chi connectivity index (χ3n) is 2.02. The van der Waals surface area contributed by atoms with Crippen LogP contribution in [0.2, 0.25) is 0 Å². The van der Waals surface area contributed by atoms with Gasteiger partial charge in [-0.05, 0) is 12.8 Å². The Morgan fingerprint density at radius 3 is 2.50 bits per heavy atom. The number of methoxy groups -OCH3 is 1. The second-order valence-corrected chi connectivity index (χ2v) is 3.14. The predicted octanol–water partition coefficient (Wildman–Crippen LogP) is -0.0238. The first-order valence-corrected chi connectivity index (χ1v) is 4.28. The van der Waals surface area contributed by atoms with Crippen LogP contribution in [0, 0.1) is 0 Å². The molecule has 1 fully saturated rings. The summed E-state index contributed by atoms with van der Waals surface area (Å²) in [6.45, 7) is 0.422. The number of aliphatic carboxylic acids is 1.